The Labute approximate surface area is 241 Å². The van der Waals surface area contributed by atoms with Gasteiger partial charge in [-0.05, 0) is 100 Å². The van der Waals surface area contributed by atoms with E-state index in [4.69, 9.17) is 12.2 Å². The van der Waals surface area contributed by atoms with Crippen LogP contribution in [0.1, 0.15) is 150 Å². The highest BCUT2D eigenvalue weighted by Gasteiger charge is 2.62. The predicted octanol–water partition coefficient (Wildman–Crippen LogP) is 9.18. The number of carbonyl (C=O) groups is 1. The molecule has 1 aliphatic heterocycles. The maximum atomic E-state index is 12.5. The fourth-order valence-electron chi connectivity index (χ4n) is 10.1. The second-order valence-electron chi connectivity index (χ2n) is 14.6. The highest BCUT2D eigenvalue weighted by molar-refractivity contribution is 7.80. The highest BCUT2D eigenvalue weighted by atomic mass is 32.1. The van der Waals surface area contributed by atoms with Gasteiger partial charge in [-0.15, -0.1) is 0 Å². The van der Waals surface area contributed by atoms with Gasteiger partial charge in [-0.25, -0.2) is 0 Å². The van der Waals surface area contributed by atoms with E-state index in [0.29, 0.717) is 34.9 Å². The van der Waals surface area contributed by atoms with Crippen molar-refractivity contribution in [3.63, 3.8) is 0 Å². The van der Waals surface area contributed by atoms with Crippen LogP contribution in [0.25, 0.3) is 0 Å². The molecule has 0 spiro atoms. The normalized spacial score (nSPS) is 36.7. The van der Waals surface area contributed by atoms with Crippen LogP contribution in [0.4, 0.5) is 0 Å². The molecule has 0 aromatic carbocycles. The van der Waals surface area contributed by atoms with Gasteiger partial charge in [0.15, 0.2) is 0 Å². The summed E-state index contributed by atoms with van der Waals surface area (Å²) >= 11 is 6.20. The molecule has 0 aromatic rings. The van der Waals surface area contributed by atoms with Crippen molar-refractivity contribution < 1.29 is 4.79 Å². The molecule has 1 amide bonds. The van der Waals surface area contributed by atoms with E-state index in [0.717, 1.165) is 37.0 Å². The largest absolute Gasteiger partial charge is 0.360 e. The van der Waals surface area contributed by atoms with E-state index >= 15 is 0 Å². The molecule has 1 heterocycles. The zero-order valence-electron chi connectivity index (χ0n) is 25.9. The van der Waals surface area contributed by atoms with Crippen molar-refractivity contribution in [3.8, 4) is 0 Å². The van der Waals surface area contributed by atoms with E-state index in [1.807, 2.05) is 0 Å². The van der Waals surface area contributed by atoms with Crippen molar-refractivity contribution in [2.24, 2.45) is 28.6 Å². The van der Waals surface area contributed by atoms with Crippen molar-refractivity contribution in [3.05, 3.63) is 0 Å². The summed E-state index contributed by atoms with van der Waals surface area (Å²) < 4.78 is 0. The van der Waals surface area contributed by atoms with E-state index in [2.05, 4.69) is 51.5 Å². The van der Waals surface area contributed by atoms with Crippen molar-refractivity contribution in [2.75, 3.05) is 7.05 Å². The Hall–Kier alpha value is -0.640. The molecule has 218 valence electrons. The van der Waals surface area contributed by atoms with Crippen molar-refractivity contribution in [2.45, 2.75) is 168 Å². The topological polar surface area (TPSA) is 23.6 Å². The number of rotatable bonds is 12. The zero-order valence-corrected chi connectivity index (χ0v) is 26.7. The van der Waals surface area contributed by atoms with Crippen LogP contribution < -0.4 is 0 Å². The van der Waals surface area contributed by atoms with Gasteiger partial charge in [0.2, 0.25) is 5.91 Å². The van der Waals surface area contributed by atoms with Crippen molar-refractivity contribution >= 4 is 23.1 Å². The number of carbonyl (C=O) groups excluding carboxylic acids is 1. The first-order chi connectivity index (χ1) is 18.1. The molecule has 4 heteroatoms. The molecule has 38 heavy (non-hydrogen) atoms. The number of fused-ring (bicyclic) bond motifs is 5. The molecule has 0 unspecified atom stereocenters. The first-order valence-corrected chi connectivity index (χ1v) is 17.1. The van der Waals surface area contributed by atoms with Crippen LogP contribution in [0.15, 0.2) is 0 Å². The summed E-state index contributed by atoms with van der Waals surface area (Å²) in [5, 5.41) is 0. The van der Waals surface area contributed by atoms with Gasteiger partial charge >= 0.3 is 0 Å². The fourth-order valence-corrected chi connectivity index (χ4v) is 10.6. The number of hydrogen-bond acceptors (Lipinski definition) is 2. The summed E-state index contributed by atoms with van der Waals surface area (Å²) in [6.07, 6.45) is 23.3. The lowest BCUT2D eigenvalue weighted by Crippen LogP contribution is -2.62. The third-order valence-electron chi connectivity index (χ3n) is 12.2. The number of amides is 1. The molecule has 4 rings (SSSR count). The quantitative estimate of drug-likeness (QED) is 0.181. The maximum Gasteiger partial charge on any atom is 0.222 e. The smallest absolute Gasteiger partial charge is 0.222 e. The monoisotopic (exact) mass is 544 g/mol. The molecule has 0 aromatic heterocycles. The lowest BCUT2D eigenvalue weighted by Gasteiger charge is -2.62. The Morgan fingerprint density at radius 3 is 2.18 bits per heavy atom. The average Bonchev–Trinajstić information content (AvgIpc) is 3.22. The number of unbranched alkanes of at least 4 members (excludes halogenated alkanes) is 8. The van der Waals surface area contributed by atoms with Crippen LogP contribution in [0.2, 0.25) is 0 Å². The first kappa shape index (κ1) is 30.3. The molecule has 0 bridgehead atoms. The molecule has 3 nitrogen and oxygen atoms in total. The number of piperidine rings is 1. The van der Waals surface area contributed by atoms with Gasteiger partial charge in [-0.1, -0.05) is 84.4 Å². The lowest BCUT2D eigenvalue weighted by molar-refractivity contribution is -0.158. The Balaban J connectivity index is 1.35. The SMILES string of the molecule is CCCCCCCCCCCC(=S)N(C(C)C)[C@H]1CC[C@H]2[C@@H]3CC[C@H]4N(C)C(=O)CC[C@]4(C)[C@H]3CC[C@]12C. The summed E-state index contributed by atoms with van der Waals surface area (Å²) in [5.74, 6) is 2.82. The summed E-state index contributed by atoms with van der Waals surface area (Å²) in [7, 11) is 2.08. The lowest BCUT2D eigenvalue weighted by atomic mass is 9.47. The second kappa shape index (κ2) is 12.9. The van der Waals surface area contributed by atoms with E-state index in [9.17, 15) is 4.79 Å². The van der Waals surface area contributed by atoms with Crippen molar-refractivity contribution in [1.29, 1.82) is 0 Å². The summed E-state index contributed by atoms with van der Waals surface area (Å²) in [4.78, 5) is 18.6. The molecule has 0 radical (unpaired) electrons. The van der Waals surface area contributed by atoms with Gasteiger partial charge in [0.05, 0.1) is 4.99 Å². The van der Waals surface area contributed by atoms with Gasteiger partial charge in [-0.2, -0.15) is 0 Å². The van der Waals surface area contributed by atoms with Gasteiger partial charge in [0, 0.05) is 31.6 Å². The minimum Gasteiger partial charge on any atom is -0.360 e. The highest BCUT2D eigenvalue weighted by Crippen LogP contribution is 2.65. The fraction of sp³-hybridized carbons (Fsp3) is 0.941. The molecule has 4 fully saturated rings. The molecular formula is C34H60N2OS. The van der Waals surface area contributed by atoms with Crippen LogP contribution in [0.5, 0.6) is 0 Å². The Bertz CT molecular complexity index is 812. The van der Waals surface area contributed by atoms with E-state index in [1.54, 1.807) is 0 Å². The molecular weight excluding hydrogens is 484 g/mol. The number of nitrogens with zero attached hydrogens (tertiary/aromatic N) is 2. The van der Waals surface area contributed by atoms with Crippen LogP contribution in [0, 0.1) is 28.6 Å². The molecule has 4 aliphatic rings. The zero-order chi connectivity index (χ0) is 27.5. The number of likely N-dealkylation sites (tertiary alicyclic amines) is 1. The van der Waals surface area contributed by atoms with Crippen LogP contribution in [-0.2, 0) is 4.79 Å². The molecule has 3 aliphatic carbocycles. The molecule has 3 saturated carbocycles. The average molecular weight is 545 g/mol. The number of thiocarbonyl (C=S) groups is 1. The number of hydrogen-bond donors (Lipinski definition) is 0. The van der Waals surface area contributed by atoms with E-state index in [-0.39, 0.29) is 0 Å². The van der Waals surface area contributed by atoms with Gasteiger partial charge in [0.25, 0.3) is 0 Å². The van der Waals surface area contributed by atoms with E-state index < -0.39 is 0 Å². The molecule has 0 N–H and O–H groups in total. The van der Waals surface area contributed by atoms with Gasteiger partial charge < -0.3 is 9.80 Å². The maximum absolute atomic E-state index is 12.5. The molecule has 7 atom stereocenters. The van der Waals surface area contributed by atoms with Gasteiger partial charge in [0.1, 0.15) is 0 Å². The standard InChI is InChI=1S/C34H60N2OS/c1-7-8-9-10-11-12-13-14-15-16-32(38)36(25(2)3)30-20-18-27-26-17-19-29-33(4,24-22-31(37)35(29)6)28(26)21-23-34(27,30)5/h25-30H,7-24H2,1-6H3/t26-,27-,28-,29+,30-,33+,34-/m0/s1. The Kier molecular flexibility index (Phi) is 10.3. The van der Waals surface area contributed by atoms with Crippen LogP contribution in [-0.4, -0.2) is 45.9 Å². The first-order valence-electron chi connectivity index (χ1n) is 16.7. The summed E-state index contributed by atoms with van der Waals surface area (Å²) in [6.45, 7) is 12.3. The van der Waals surface area contributed by atoms with Gasteiger partial charge in [-0.3, -0.25) is 4.79 Å². The Morgan fingerprint density at radius 1 is 0.895 bits per heavy atom. The third kappa shape index (κ3) is 5.87. The second-order valence-corrected chi connectivity index (χ2v) is 15.1. The minimum absolute atomic E-state index is 0.314. The van der Waals surface area contributed by atoms with Crippen LogP contribution in [0.3, 0.4) is 0 Å². The third-order valence-corrected chi connectivity index (χ3v) is 12.6. The summed E-state index contributed by atoms with van der Waals surface area (Å²) in [6, 6.07) is 1.56. The minimum atomic E-state index is 0.314. The predicted molar refractivity (Wildman–Crippen MR) is 165 cm³/mol. The summed E-state index contributed by atoms with van der Waals surface area (Å²) in [5.41, 5.74) is 0.696. The Morgan fingerprint density at radius 2 is 1.53 bits per heavy atom. The molecule has 1 saturated heterocycles. The van der Waals surface area contributed by atoms with Crippen molar-refractivity contribution in [1.82, 2.24) is 9.80 Å². The van der Waals surface area contributed by atoms with Crippen LogP contribution >= 0.6 is 12.2 Å². The van der Waals surface area contributed by atoms with E-state index in [1.165, 1.54) is 101 Å².